The minimum atomic E-state index is 0.0359. The van der Waals surface area contributed by atoms with E-state index in [1.165, 1.54) is 102 Å². The summed E-state index contributed by atoms with van der Waals surface area (Å²) in [5.74, 6) is 0.0359. The summed E-state index contributed by atoms with van der Waals surface area (Å²) in [5, 5.41) is 6.54. The van der Waals surface area contributed by atoms with Crippen LogP contribution in [0, 0.1) is 41.5 Å². The predicted molar refractivity (Wildman–Crippen MR) is 231 cm³/mol. The van der Waals surface area contributed by atoms with Crippen molar-refractivity contribution in [1.29, 1.82) is 0 Å². The van der Waals surface area contributed by atoms with E-state index in [0.29, 0.717) is 0 Å². The predicted octanol–water partition coefficient (Wildman–Crippen LogP) is 13.4. The molecule has 1 aliphatic carbocycles. The highest BCUT2D eigenvalue weighted by molar-refractivity contribution is 6.21. The number of anilines is 5. The largest absolute Gasteiger partial charge is 0.380 e. The lowest BCUT2D eigenvalue weighted by molar-refractivity contribution is 0.470. The third-order valence-electron chi connectivity index (χ3n) is 11.5. The molecular weight excluding hydrogens is 666 g/mol. The molecule has 272 valence electrons. The third-order valence-corrected chi connectivity index (χ3v) is 12.0. The van der Waals surface area contributed by atoms with Crippen molar-refractivity contribution in [3.8, 4) is 0 Å². The van der Waals surface area contributed by atoms with E-state index in [2.05, 4.69) is 180 Å². The molecule has 0 spiro atoms. The van der Waals surface area contributed by atoms with Gasteiger partial charge in [-0.3, -0.25) is 0 Å². The Bertz CT molecular complexity index is 2080. The first kappa shape index (κ1) is 36.6. The second-order valence-corrected chi connectivity index (χ2v) is 16.1. The molecule has 1 fully saturated rings. The van der Waals surface area contributed by atoms with E-state index in [1.807, 2.05) is 0 Å². The van der Waals surface area contributed by atoms with Gasteiger partial charge in [0.15, 0.2) is 0 Å². The molecule has 6 aromatic rings. The number of hydrogen-bond acceptors (Lipinski definition) is 3. The van der Waals surface area contributed by atoms with Gasteiger partial charge in [0.1, 0.15) is 0 Å². The molecule has 7 rings (SSSR count). The molecule has 53 heavy (non-hydrogen) atoms. The summed E-state index contributed by atoms with van der Waals surface area (Å²) >= 11 is 6.85. The highest BCUT2D eigenvalue weighted by atomic mass is 35.5. The van der Waals surface area contributed by atoms with Crippen LogP contribution in [0.1, 0.15) is 81.7 Å². The molecule has 2 unspecified atom stereocenters. The van der Waals surface area contributed by atoms with E-state index >= 15 is 0 Å². The highest BCUT2D eigenvalue weighted by Crippen LogP contribution is 2.42. The number of nitrogens with one attached hydrogen (secondary N) is 1. The highest BCUT2D eigenvalue weighted by Gasteiger charge is 2.25. The fraction of sp³-hybridized carbons (Fsp3) is 0.306. The number of fused-ring (bicyclic) bond motifs is 1. The fourth-order valence-electron chi connectivity index (χ4n) is 9.14. The Morgan fingerprint density at radius 2 is 1.02 bits per heavy atom. The first-order chi connectivity index (χ1) is 25.5. The van der Waals surface area contributed by atoms with Gasteiger partial charge in [-0.1, -0.05) is 103 Å². The van der Waals surface area contributed by atoms with Crippen LogP contribution in [0.25, 0.3) is 10.8 Å². The van der Waals surface area contributed by atoms with Gasteiger partial charge in [-0.15, -0.1) is 11.6 Å². The number of benzene rings is 6. The Morgan fingerprint density at radius 1 is 0.566 bits per heavy atom. The maximum atomic E-state index is 6.85. The van der Waals surface area contributed by atoms with Gasteiger partial charge in [-0.25, -0.2) is 0 Å². The molecule has 1 saturated carbocycles. The lowest BCUT2D eigenvalue weighted by Crippen LogP contribution is -2.32. The zero-order valence-electron chi connectivity index (χ0n) is 32.7. The van der Waals surface area contributed by atoms with Gasteiger partial charge in [0.05, 0.1) is 5.38 Å². The van der Waals surface area contributed by atoms with E-state index in [4.69, 9.17) is 11.6 Å². The molecule has 3 nitrogen and oxygen atoms in total. The van der Waals surface area contributed by atoms with Crippen LogP contribution in [0.5, 0.6) is 0 Å². The zero-order chi connectivity index (χ0) is 37.4. The van der Waals surface area contributed by atoms with Crippen molar-refractivity contribution >= 4 is 50.8 Å². The van der Waals surface area contributed by atoms with E-state index < -0.39 is 0 Å². The Morgan fingerprint density at radius 3 is 1.49 bits per heavy atom. The van der Waals surface area contributed by atoms with Crippen molar-refractivity contribution in [2.24, 2.45) is 0 Å². The van der Waals surface area contributed by atoms with Crippen LogP contribution in [0.2, 0.25) is 0 Å². The number of rotatable bonds is 9. The van der Waals surface area contributed by atoms with Gasteiger partial charge in [-0.2, -0.15) is 0 Å². The fourth-order valence-corrected chi connectivity index (χ4v) is 9.48. The number of halogens is 1. The molecule has 6 aromatic carbocycles. The maximum absolute atomic E-state index is 6.85. The minimum Gasteiger partial charge on any atom is -0.380 e. The minimum absolute atomic E-state index is 0.0359. The quantitative estimate of drug-likeness (QED) is 0.119. The molecule has 0 saturated heterocycles. The van der Waals surface area contributed by atoms with Gasteiger partial charge < -0.3 is 15.1 Å². The van der Waals surface area contributed by atoms with Crippen molar-refractivity contribution in [3.05, 3.63) is 159 Å². The number of aryl methyl sites for hydroxylation is 6. The van der Waals surface area contributed by atoms with Crippen LogP contribution >= 0.6 is 11.6 Å². The van der Waals surface area contributed by atoms with Crippen molar-refractivity contribution in [1.82, 2.24) is 0 Å². The van der Waals surface area contributed by atoms with E-state index in [0.717, 1.165) is 12.8 Å². The average Bonchev–Trinajstić information content (AvgIpc) is 3.13. The lowest BCUT2D eigenvalue weighted by atomic mass is 9.82. The Balaban J connectivity index is 1.31. The van der Waals surface area contributed by atoms with Crippen LogP contribution in [-0.4, -0.2) is 25.5 Å². The van der Waals surface area contributed by atoms with Crippen LogP contribution < -0.4 is 15.1 Å². The smallest absolute Gasteiger partial charge is 0.0537 e. The summed E-state index contributed by atoms with van der Waals surface area (Å²) in [6.07, 6.45) is 4.62. The van der Waals surface area contributed by atoms with Crippen LogP contribution in [-0.2, 0) is 0 Å². The molecule has 0 amide bonds. The van der Waals surface area contributed by atoms with Crippen molar-refractivity contribution in [2.45, 2.75) is 84.6 Å². The molecule has 0 radical (unpaired) electrons. The molecule has 0 aromatic heterocycles. The summed E-state index contributed by atoms with van der Waals surface area (Å²) in [5.41, 5.74) is 17.7. The van der Waals surface area contributed by atoms with E-state index in [1.54, 1.807) is 0 Å². The zero-order valence-corrected chi connectivity index (χ0v) is 33.5. The summed E-state index contributed by atoms with van der Waals surface area (Å²) in [4.78, 5) is 4.65. The SMILES string of the molecule is Cc1cc(C)c(N(C)c2ccc(C(c3ccc(N(C)c4c(C)cc(C)cc4C)cc3)c3ccc(NC4CCCCC4Cl)c4ccccc34)cc2)c(C)c1. The summed E-state index contributed by atoms with van der Waals surface area (Å²) in [6.45, 7) is 13.2. The van der Waals surface area contributed by atoms with Crippen molar-refractivity contribution in [2.75, 3.05) is 29.2 Å². The van der Waals surface area contributed by atoms with E-state index in [-0.39, 0.29) is 17.3 Å². The van der Waals surface area contributed by atoms with E-state index in [9.17, 15) is 0 Å². The van der Waals surface area contributed by atoms with Crippen molar-refractivity contribution < 1.29 is 0 Å². The molecule has 0 aliphatic heterocycles. The van der Waals surface area contributed by atoms with Gasteiger partial charge in [0.25, 0.3) is 0 Å². The third kappa shape index (κ3) is 7.42. The monoisotopic (exact) mass is 719 g/mol. The van der Waals surface area contributed by atoms with Gasteiger partial charge in [0.2, 0.25) is 0 Å². The standard InChI is InChI=1S/C49H54ClN3/c1-31-27-33(3)48(34(4)28-31)52(7)39-21-17-37(18-22-39)47(38-19-23-40(24-20-38)53(8)49-35(5)29-32(2)30-36(49)6)43-25-26-45(42-14-10-9-13-41(42)43)51-46-16-12-11-15-44(46)50/h9-10,13-14,17-30,44,46-47,51H,11-12,15-16H2,1-8H3. The molecule has 1 N–H and O–H groups in total. The summed E-state index contributed by atoms with van der Waals surface area (Å²) in [6, 6.07) is 41.4. The molecular formula is C49H54ClN3. The number of hydrogen-bond donors (Lipinski definition) is 1. The Labute approximate surface area is 322 Å². The Kier molecular flexibility index (Phi) is 10.6. The van der Waals surface area contributed by atoms with Crippen LogP contribution in [0.15, 0.2) is 109 Å². The normalized spacial score (nSPS) is 15.9. The summed E-state index contributed by atoms with van der Waals surface area (Å²) in [7, 11) is 4.36. The number of nitrogens with zero attached hydrogens (tertiary/aromatic N) is 2. The molecule has 0 bridgehead atoms. The molecule has 1 aliphatic rings. The lowest BCUT2D eigenvalue weighted by Gasteiger charge is -2.30. The van der Waals surface area contributed by atoms with Gasteiger partial charge in [-0.05, 0) is 129 Å². The van der Waals surface area contributed by atoms with Gasteiger partial charge in [0, 0.05) is 59.9 Å². The van der Waals surface area contributed by atoms with Crippen LogP contribution in [0.3, 0.4) is 0 Å². The molecule has 2 atom stereocenters. The number of alkyl halides is 1. The van der Waals surface area contributed by atoms with Crippen LogP contribution in [0.4, 0.5) is 28.4 Å². The van der Waals surface area contributed by atoms with Crippen molar-refractivity contribution in [3.63, 3.8) is 0 Å². The summed E-state index contributed by atoms with van der Waals surface area (Å²) < 4.78 is 0. The topological polar surface area (TPSA) is 18.5 Å². The van der Waals surface area contributed by atoms with Gasteiger partial charge >= 0.3 is 0 Å². The Hall–Kier alpha value is -4.73. The maximum Gasteiger partial charge on any atom is 0.0537 e. The molecule has 0 heterocycles. The second-order valence-electron chi connectivity index (χ2n) is 15.5. The second kappa shape index (κ2) is 15.3. The first-order valence-corrected chi connectivity index (χ1v) is 19.7. The molecule has 4 heteroatoms. The first-order valence-electron chi connectivity index (χ1n) is 19.3. The average molecular weight is 720 g/mol.